The Bertz CT molecular complexity index is 838. The molecule has 2 aliphatic heterocycles. The second-order valence-electron chi connectivity index (χ2n) is 7.98. The summed E-state index contributed by atoms with van der Waals surface area (Å²) in [4.78, 5) is 50.6. The van der Waals surface area contributed by atoms with E-state index in [1.54, 1.807) is 12.2 Å². The van der Waals surface area contributed by atoms with E-state index in [0.717, 1.165) is 42.6 Å². The van der Waals surface area contributed by atoms with Gasteiger partial charge in [-0.2, -0.15) is 0 Å². The van der Waals surface area contributed by atoms with Gasteiger partial charge in [-0.1, -0.05) is 24.1 Å². The topological polar surface area (TPSA) is 104 Å². The molecule has 4 amide bonds. The maximum absolute atomic E-state index is 13.1. The van der Waals surface area contributed by atoms with Crippen LogP contribution in [0.4, 0.5) is 0 Å². The van der Waals surface area contributed by atoms with Crippen LogP contribution in [0.3, 0.4) is 0 Å². The average molecular weight is 384 g/mol. The summed E-state index contributed by atoms with van der Waals surface area (Å²) in [5.41, 5.74) is 1.87. The van der Waals surface area contributed by atoms with Gasteiger partial charge in [0.1, 0.15) is 6.04 Å². The Morgan fingerprint density at radius 2 is 1.82 bits per heavy atom. The van der Waals surface area contributed by atoms with Gasteiger partial charge in [-0.15, -0.1) is 0 Å². The van der Waals surface area contributed by atoms with Gasteiger partial charge in [-0.25, -0.2) is 0 Å². The second-order valence-corrected chi connectivity index (χ2v) is 7.98. The molecule has 4 rings (SSSR count). The highest BCUT2D eigenvalue weighted by Gasteiger charge is 2.45. The quantitative estimate of drug-likeness (QED) is 0.551. The summed E-state index contributed by atoms with van der Waals surface area (Å²) in [6.07, 6.45) is 10.1. The molecule has 1 saturated heterocycles. The fraction of sp³-hybridized carbons (Fsp3) is 0.524. The maximum Gasteiger partial charge on any atom is 0.261 e. The standard InChI is InChI=1S/C21H24N2O5/c24-14-5-1-3-12(7-8-14)13-4-2-6-15-16(11-13)21(28)23(20(15)27)17-9-10-18(25)22-19(17)26/h2,4,6,12,14,17,24H,1,3,5,7-11H2,(H,22,25,26)/t12-,14?,17?/m0/s1. The molecule has 2 aliphatic carbocycles. The molecule has 2 unspecified atom stereocenters. The number of carbonyl (C=O) groups is 4. The highest BCUT2D eigenvalue weighted by Crippen LogP contribution is 2.37. The van der Waals surface area contributed by atoms with E-state index in [1.165, 1.54) is 0 Å². The largest absolute Gasteiger partial charge is 0.393 e. The molecule has 28 heavy (non-hydrogen) atoms. The Kier molecular flexibility index (Phi) is 5.02. The van der Waals surface area contributed by atoms with Crippen molar-refractivity contribution in [3.8, 4) is 0 Å². The number of imide groups is 2. The van der Waals surface area contributed by atoms with Crippen LogP contribution < -0.4 is 5.32 Å². The van der Waals surface area contributed by atoms with Gasteiger partial charge < -0.3 is 5.11 Å². The first kappa shape index (κ1) is 18.8. The number of hydrogen-bond acceptors (Lipinski definition) is 5. The van der Waals surface area contributed by atoms with E-state index in [-0.39, 0.29) is 30.8 Å². The van der Waals surface area contributed by atoms with Gasteiger partial charge in [0, 0.05) is 24.0 Å². The van der Waals surface area contributed by atoms with Crippen molar-refractivity contribution in [3.63, 3.8) is 0 Å². The van der Waals surface area contributed by atoms with Crippen molar-refractivity contribution in [2.24, 2.45) is 5.92 Å². The fourth-order valence-electron chi connectivity index (χ4n) is 4.63. The molecule has 0 aromatic carbocycles. The summed E-state index contributed by atoms with van der Waals surface area (Å²) < 4.78 is 0. The molecule has 0 bridgehead atoms. The summed E-state index contributed by atoms with van der Waals surface area (Å²) >= 11 is 0. The molecule has 148 valence electrons. The minimum atomic E-state index is -0.932. The first-order chi connectivity index (χ1) is 13.5. The Morgan fingerprint density at radius 3 is 2.61 bits per heavy atom. The second kappa shape index (κ2) is 7.47. The molecule has 0 aromatic heterocycles. The number of piperidine rings is 1. The number of nitrogens with zero attached hydrogens (tertiary/aromatic N) is 1. The molecule has 2 N–H and O–H groups in total. The van der Waals surface area contributed by atoms with Crippen LogP contribution in [0.5, 0.6) is 0 Å². The number of aliphatic hydroxyl groups is 1. The average Bonchev–Trinajstić information content (AvgIpc) is 2.90. The molecule has 2 fully saturated rings. The van der Waals surface area contributed by atoms with Crippen LogP contribution in [-0.4, -0.2) is 45.8 Å². The number of amides is 4. The molecule has 1 saturated carbocycles. The Morgan fingerprint density at radius 1 is 1.00 bits per heavy atom. The Balaban J connectivity index is 1.55. The van der Waals surface area contributed by atoms with E-state index < -0.39 is 23.8 Å². The first-order valence-corrected chi connectivity index (χ1v) is 9.95. The van der Waals surface area contributed by atoms with Crippen LogP contribution >= 0.6 is 0 Å². The van der Waals surface area contributed by atoms with Gasteiger partial charge in [-0.3, -0.25) is 29.4 Å². The van der Waals surface area contributed by atoms with Crippen LogP contribution in [0.15, 0.2) is 34.9 Å². The SMILES string of the molecule is O=C1CCC(N2C(=O)C3=C(CC([C@H]4CCCC(O)CC4)=CC=C3)C2=O)C(=O)N1. The zero-order chi connectivity index (χ0) is 19.8. The van der Waals surface area contributed by atoms with Crippen molar-refractivity contribution >= 4 is 23.6 Å². The Hall–Kier alpha value is -2.54. The molecule has 3 atom stereocenters. The fourth-order valence-corrected chi connectivity index (χ4v) is 4.63. The summed E-state index contributed by atoms with van der Waals surface area (Å²) in [5, 5.41) is 12.1. The van der Waals surface area contributed by atoms with Crippen molar-refractivity contribution < 1.29 is 24.3 Å². The highest BCUT2D eigenvalue weighted by atomic mass is 16.3. The number of carbonyl (C=O) groups excluding carboxylic acids is 4. The predicted octanol–water partition coefficient (Wildman–Crippen LogP) is 1.28. The number of aliphatic hydroxyl groups excluding tert-OH is 1. The summed E-state index contributed by atoms with van der Waals surface area (Å²) in [6.45, 7) is 0. The molecule has 0 spiro atoms. The number of allylic oxidation sites excluding steroid dienone is 3. The van der Waals surface area contributed by atoms with Gasteiger partial charge in [0.2, 0.25) is 11.8 Å². The lowest BCUT2D eigenvalue weighted by atomic mass is 9.87. The van der Waals surface area contributed by atoms with Crippen LogP contribution in [-0.2, 0) is 19.2 Å². The van der Waals surface area contributed by atoms with E-state index >= 15 is 0 Å². The molecule has 7 nitrogen and oxygen atoms in total. The molecule has 2 heterocycles. The third-order valence-corrected chi connectivity index (χ3v) is 6.19. The smallest absolute Gasteiger partial charge is 0.261 e. The Labute approximate surface area is 163 Å². The molecule has 7 heteroatoms. The van der Waals surface area contributed by atoms with Gasteiger partial charge in [0.15, 0.2) is 0 Å². The van der Waals surface area contributed by atoms with Gasteiger partial charge >= 0.3 is 0 Å². The van der Waals surface area contributed by atoms with Crippen LogP contribution in [0.2, 0.25) is 0 Å². The number of hydrogen-bond donors (Lipinski definition) is 2. The lowest BCUT2D eigenvalue weighted by Gasteiger charge is -2.28. The van der Waals surface area contributed by atoms with E-state index in [2.05, 4.69) is 5.32 Å². The van der Waals surface area contributed by atoms with Crippen molar-refractivity contribution in [2.75, 3.05) is 0 Å². The number of nitrogens with one attached hydrogen (secondary N) is 1. The molecule has 4 aliphatic rings. The lowest BCUT2D eigenvalue weighted by molar-refractivity contribution is -0.150. The monoisotopic (exact) mass is 384 g/mol. The van der Waals surface area contributed by atoms with Crippen molar-refractivity contribution in [1.82, 2.24) is 10.2 Å². The molecular formula is C21H24N2O5. The summed E-state index contributed by atoms with van der Waals surface area (Å²) in [5.74, 6) is -1.58. The lowest BCUT2D eigenvalue weighted by Crippen LogP contribution is -2.54. The number of rotatable bonds is 2. The minimum Gasteiger partial charge on any atom is -0.393 e. The highest BCUT2D eigenvalue weighted by molar-refractivity contribution is 6.23. The van der Waals surface area contributed by atoms with Crippen molar-refractivity contribution in [1.29, 1.82) is 0 Å². The maximum atomic E-state index is 13.1. The molecule has 0 radical (unpaired) electrons. The van der Waals surface area contributed by atoms with E-state index in [4.69, 9.17) is 0 Å². The predicted molar refractivity (Wildman–Crippen MR) is 99.5 cm³/mol. The van der Waals surface area contributed by atoms with E-state index in [9.17, 15) is 24.3 Å². The van der Waals surface area contributed by atoms with Crippen LogP contribution in [0.25, 0.3) is 0 Å². The summed E-state index contributed by atoms with van der Waals surface area (Å²) in [6, 6.07) is -0.932. The zero-order valence-corrected chi connectivity index (χ0v) is 15.6. The van der Waals surface area contributed by atoms with Gasteiger partial charge in [0.05, 0.1) is 6.10 Å². The van der Waals surface area contributed by atoms with Crippen LogP contribution in [0.1, 0.15) is 51.4 Å². The van der Waals surface area contributed by atoms with E-state index in [1.807, 2.05) is 6.08 Å². The minimum absolute atomic E-state index is 0.115. The molecular weight excluding hydrogens is 360 g/mol. The normalized spacial score (nSPS) is 31.4. The van der Waals surface area contributed by atoms with E-state index in [0.29, 0.717) is 17.6 Å². The van der Waals surface area contributed by atoms with Gasteiger partial charge in [0.25, 0.3) is 11.8 Å². The van der Waals surface area contributed by atoms with Crippen LogP contribution in [0, 0.1) is 5.92 Å². The van der Waals surface area contributed by atoms with Crippen molar-refractivity contribution in [2.45, 2.75) is 63.5 Å². The van der Waals surface area contributed by atoms with Gasteiger partial charge in [-0.05, 0) is 44.1 Å². The third-order valence-electron chi connectivity index (χ3n) is 6.19. The third kappa shape index (κ3) is 3.35. The zero-order valence-electron chi connectivity index (χ0n) is 15.6. The summed E-state index contributed by atoms with van der Waals surface area (Å²) in [7, 11) is 0. The molecule has 0 aromatic rings. The van der Waals surface area contributed by atoms with Crippen molar-refractivity contribution in [3.05, 3.63) is 34.9 Å². The first-order valence-electron chi connectivity index (χ1n) is 9.95.